The molecule has 1 atom stereocenters. The van der Waals surface area contributed by atoms with Crippen molar-refractivity contribution in [2.75, 3.05) is 24.5 Å². The van der Waals surface area contributed by atoms with Crippen LogP contribution in [0.1, 0.15) is 34.6 Å². The summed E-state index contributed by atoms with van der Waals surface area (Å²) in [6.07, 6.45) is 0. The van der Waals surface area contributed by atoms with Crippen molar-refractivity contribution in [3.05, 3.63) is 24.3 Å². The van der Waals surface area contributed by atoms with E-state index in [1.165, 1.54) is 5.69 Å². The first-order valence-electron chi connectivity index (χ1n) is 8.23. The summed E-state index contributed by atoms with van der Waals surface area (Å²) in [7, 11) is -0.278. The molecule has 0 aliphatic carbocycles. The van der Waals surface area contributed by atoms with Gasteiger partial charge in [-0.25, -0.2) is 0 Å². The van der Waals surface area contributed by atoms with E-state index < -0.39 is 0 Å². The summed E-state index contributed by atoms with van der Waals surface area (Å²) < 4.78 is 12.2. The van der Waals surface area contributed by atoms with Crippen LogP contribution in [-0.4, -0.2) is 44.0 Å². The third kappa shape index (κ3) is 2.77. The zero-order valence-corrected chi connectivity index (χ0v) is 14.3. The van der Waals surface area contributed by atoms with Crippen LogP contribution in [0.5, 0.6) is 0 Å². The van der Waals surface area contributed by atoms with Gasteiger partial charge in [0.2, 0.25) is 0 Å². The Bertz CT molecular complexity index is 514. The first kappa shape index (κ1) is 15.8. The Morgan fingerprint density at radius 3 is 2.23 bits per heavy atom. The van der Waals surface area contributed by atoms with Crippen LogP contribution < -0.4 is 15.7 Å². The highest BCUT2D eigenvalue weighted by atomic mass is 16.7. The Morgan fingerprint density at radius 1 is 1.09 bits per heavy atom. The maximum absolute atomic E-state index is 6.11. The molecule has 120 valence electrons. The van der Waals surface area contributed by atoms with Crippen LogP contribution >= 0.6 is 0 Å². The SMILES string of the molecule is C[C@H]1CNCCN1c1ccc(B2OC(C)(C)C(C)(C)O2)cc1. The topological polar surface area (TPSA) is 33.7 Å². The number of anilines is 1. The monoisotopic (exact) mass is 302 g/mol. The summed E-state index contributed by atoms with van der Waals surface area (Å²) in [5.41, 5.74) is 1.78. The molecule has 1 aromatic rings. The lowest BCUT2D eigenvalue weighted by Crippen LogP contribution is -2.50. The van der Waals surface area contributed by atoms with Crippen LogP contribution in [0.4, 0.5) is 5.69 Å². The third-order valence-corrected chi connectivity index (χ3v) is 5.25. The van der Waals surface area contributed by atoms with Crippen molar-refractivity contribution in [3.8, 4) is 0 Å². The Hall–Kier alpha value is -1.04. The molecular formula is C17H27BN2O2. The quantitative estimate of drug-likeness (QED) is 0.845. The average molecular weight is 302 g/mol. The van der Waals surface area contributed by atoms with Gasteiger partial charge in [0.05, 0.1) is 11.2 Å². The second-order valence-corrected chi connectivity index (χ2v) is 7.43. The molecule has 2 aliphatic heterocycles. The number of nitrogens with one attached hydrogen (secondary N) is 1. The average Bonchev–Trinajstić information content (AvgIpc) is 2.68. The molecule has 2 fully saturated rings. The maximum atomic E-state index is 6.11. The van der Waals surface area contributed by atoms with E-state index in [1.54, 1.807) is 0 Å². The zero-order chi connectivity index (χ0) is 16.0. The van der Waals surface area contributed by atoms with Crippen molar-refractivity contribution in [2.24, 2.45) is 0 Å². The second kappa shape index (κ2) is 5.55. The second-order valence-electron chi connectivity index (χ2n) is 7.43. The highest BCUT2D eigenvalue weighted by Crippen LogP contribution is 2.36. The van der Waals surface area contributed by atoms with Gasteiger partial charge >= 0.3 is 7.12 Å². The largest absolute Gasteiger partial charge is 0.494 e. The maximum Gasteiger partial charge on any atom is 0.494 e. The number of nitrogens with zero attached hydrogens (tertiary/aromatic N) is 1. The molecule has 2 heterocycles. The molecule has 3 rings (SSSR count). The normalized spacial score (nSPS) is 27.2. The Morgan fingerprint density at radius 2 is 1.68 bits per heavy atom. The number of rotatable bonds is 2. The lowest BCUT2D eigenvalue weighted by molar-refractivity contribution is 0.00578. The summed E-state index contributed by atoms with van der Waals surface area (Å²) in [6, 6.07) is 9.15. The molecule has 1 N–H and O–H groups in total. The van der Waals surface area contributed by atoms with Crippen LogP contribution in [0.15, 0.2) is 24.3 Å². The van der Waals surface area contributed by atoms with Gasteiger partial charge in [-0.1, -0.05) is 12.1 Å². The summed E-state index contributed by atoms with van der Waals surface area (Å²) in [6.45, 7) is 13.7. The van der Waals surface area contributed by atoms with E-state index in [9.17, 15) is 0 Å². The van der Waals surface area contributed by atoms with Crippen molar-refractivity contribution in [1.82, 2.24) is 5.32 Å². The molecule has 22 heavy (non-hydrogen) atoms. The van der Waals surface area contributed by atoms with Gasteiger partial charge in [-0.15, -0.1) is 0 Å². The molecule has 5 heteroatoms. The highest BCUT2D eigenvalue weighted by molar-refractivity contribution is 6.62. The minimum atomic E-state index is -0.288. The fraction of sp³-hybridized carbons (Fsp3) is 0.647. The van der Waals surface area contributed by atoms with Gasteiger partial charge in [0, 0.05) is 31.4 Å². The van der Waals surface area contributed by atoms with Gasteiger partial charge in [0.1, 0.15) is 0 Å². The molecule has 0 bridgehead atoms. The summed E-state index contributed by atoms with van der Waals surface area (Å²) in [4.78, 5) is 2.45. The van der Waals surface area contributed by atoms with Crippen molar-refractivity contribution >= 4 is 18.3 Å². The summed E-state index contributed by atoms with van der Waals surface area (Å²) in [5, 5.41) is 3.43. The van der Waals surface area contributed by atoms with E-state index in [2.05, 4.69) is 69.1 Å². The van der Waals surface area contributed by atoms with Crippen LogP contribution in [0.2, 0.25) is 0 Å². The third-order valence-electron chi connectivity index (χ3n) is 5.25. The minimum Gasteiger partial charge on any atom is -0.399 e. The van der Waals surface area contributed by atoms with Gasteiger partial charge in [-0.05, 0) is 52.2 Å². The number of piperazine rings is 1. The summed E-state index contributed by atoms with van der Waals surface area (Å²) in [5.74, 6) is 0. The molecule has 0 radical (unpaired) electrons. The van der Waals surface area contributed by atoms with Crippen LogP contribution in [0.3, 0.4) is 0 Å². The van der Waals surface area contributed by atoms with Gasteiger partial charge in [-0.3, -0.25) is 0 Å². The molecule has 2 saturated heterocycles. The van der Waals surface area contributed by atoms with E-state index in [-0.39, 0.29) is 18.3 Å². The van der Waals surface area contributed by atoms with Gasteiger partial charge < -0.3 is 19.5 Å². The smallest absolute Gasteiger partial charge is 0.399 e. The van der Waals surface area contributed by atoms with E-state index in [0.29, 0.717) is 6.04 Å². The van der Waals surface area contributed by atoms with Crippen LogP contribution in [-0.2, 0) is 9.31 Å². The minimum absolute atomic E-state index is 0.278. The van der Waals surface area contributed by atoms with Crippen LogP contribution in [0, 0.1) is 0 Å². The van der Waals surface area contributed by atoms with E-state index in [4.69, 9.17) is 9.31 Å². The molecule has 4 nitrogen and oxygen atoms in total. The first-order chi connectivity index (χ1) is 10.3. The standard InChI is InChI=1S/C17H27BN2O2/c1-13-12-19-10-11-20(13)15-8-6-14(7-9-15)18-21-16(2,3)17(4,5)22-18/h6-9,13,19H,10-12H2,1-5H3/t13-/m0/s1. The predicted molar refractivity (Wildman–Crippen MR) is 91.8 cm³/mol. The Labute approximate surface area is 134 Å². The summed E-state index contributed by atoms with van der Waals surface area (Å²) >= 11 is 0. The van der Waals surface area contributed by atoms with Crippen molar-refractivity contribution in [2.45, 2.75) is 51.9 Å². The molecule has 2 aliphatic rings. The Balaban J connectivity index is 1.75. The van der Waals surface area contributed by atoms with Crippen molar-refractivity contribution in [3.63, 3.8) is 0 Å². The number of hydrogen-bond donors (Lipinski definition) is 1. The van der Waals surface area contributed by atoms with E-state index in [0.717, 1.165) is 25.1 Å². The lowest BCUT2D eigenvalue weighted by Gasteiger charge is -2.36. The number of benzene rings is 1. The fourth-order valence-electron chi connectivity index (χ4n) is 3.03. The van der Waals surface area contributed by atoms with Gasteiger partial charge in [0.25, 0.3) is 0 Å². The lowest BCUT2D eigenvalue weighted by atomic mass is 9.79. The molecule has 1 aromatic carbocycles. The molecule has 0 unspecified atom stereocenters. The zero-order valence-electron chi connectivity index (χ0n) is 14.3. The van der Waals surface area contributed by atoms with Crippen LogP contribution in [0.25, 0.3) is 0 Å². The molecule has 0 saturated carbocycles. The van der Waals surface area contributed by atoms with Crippen molar-refractivity contribution < 1.29 is 9.31 Å². The first-order valence-corrected chi connectivity index (χ1v) is 8.23. The molecule has 0 amide bonds. The molecular weight excluding hydrogens is 275 g/mol. The van der Waals surface area contributed by atoms with Gasteiger partial charge in [-0.2, -0.15) is 0 Å². The Kier molecular flexibility index (Phi) is 4.00. The predicted octanol–water partition coefficient (Wildman–Crippen LogP) is 1.78. The van der Waals surface area contributed by atoms with Gasteiger partial charge in [0.15, 0.2) is 0 Å². The van der Waals surface area contributed by atoms with E-state index in [1.807, 2.05) is 0 Å². The highest BCUT2D eigenvalue weighted by Gasteiger charge is 2.51. The van der Waals surface area contributed by atoms with Crippen molar-refractivity contribution in [1.29, 1.82) is 0 Å². The molecule has 0 spiro atoms. The molecule has 0 aromatic heterocycles. The number of hydrogen-bond acceptors (Lipinski definition) is 4. The van der Waals surface area contributed by atoms with E-state index >= 15 is 0 Å². The fourth-order valence-corrected chi connectivity index (χ4v) is 3.03.